The lowest BCUT2D eigenvalue weighted by atomic mass is 10.2. The predicted molar refractivity (Wildman–Crippen MR) is 83.8 cm³/mol. The van der Waals surface area contributed by atoms with Crippen LogP contribution in [0.2, 0.25) is 0 Å². The highest BCUT2D eigenvalue weighted by atomic mass is 32.1. The first kappa shape index (κ1) is 13.9. The number of thiazole rings is 1. The topological polar surface area (TPSA) is 55.6 Å². The highest BCUT2D eigenvalue weighted by Crippen LogP contribution is 2.21. The number of hydrogen-bond donors (Lipinski definition) is 1. The van der Waals surface area contributed by atoms with Gasteiger partial charge in [0.05, 0.1) is 17.6 Å². The summed E-state index contributed by atoms with van der Waals surface area (Å²) in [4.78, 5) is 8.93. The summed E-state index contributed by atoms with van der Waals surface area (Å²) in [6.45, 7) is 3.62. The van der Waals surface area contributed by atoms with Crippen LogP contribution in [0.15, 0.2) is 36.0 Å². The Morgan fingerprint density at radius 1 is 1.29 bits per heavy atom. The van der Waals surface area contributed by atoms with Crippen molar-refractivity contribution in [1.82, 2.24) is 25.1 Å². The van der Waals surface area contributed by atoms with Crippen molar-refractivity contribution in [2.24, 2.45) is 7.05 Å². The molecule has 5 nitrogen and oxygen atoms in total. The fourth-order valence-corrected chi connectivity index (χ4v) is 2.83. The van der Waals surface area contributed by atoms with E-state index in [9.17, 15) is 0 Å². The molecular weight excluding hydrogens is 282 g/mol. The second-order valence-corrected chi connectivity index (χ2v) is 5.70. The summed E-state index contributed by atoms with van der Waals surface area (Å²) in [5, 5.41) is 10.7. The van der Waals surface area contributed by atoms with Crippen molar-refractivity contribution in [2.75, 3.05) is 0 Å². The molecule has 3 heterocycles. The van der Waals surface area contributed by atoms with Crippen LogP contribution in [0, 0.1) is 6.92 Å². The lowest BCUT2D eigenvalue weighted by Gasteiger charge is -2.02. The van der Waals surface area contributed by atoms with Gasteiger partial charge >= 0.3 is 0 Å². The quantitative estimate of drug-likeness (QED) is 0.786. The Morgan fingerprint density at radius 3 is 2.90 bits per heavy atom. The summed E-state index contributed by atoms with van der Waals surface area (Å²) in [6.07, 6.45) is 3.70. The lowest BCUT2D eigenvalue weighted by molar-refractivity contribution is 0.676. The Bertz CT molecular complexity index is 717. The number of nitrogens with zero attached hydrogens (tertiary/aromatic N) is 4. The van der Waals surface area contributed by atoms with Crippen LogP contribution in [0.5, 0.6) is 0 Å². The van der Waals surface area contributed by atoms with Crippen LogP contribution >= 0.6 is 11.3 Å². The fraction of sp³-hybridized carbons (Fsp3) is 0.267. The highest BCUT2D eigenvalue weighted by Gasteiger charge is 2.06. The van der Waals surface area contributed by atoms with Crippen molar-refractivity contribution in [1.29, 1.82) is 0 Å². The van der Waals surface area contributed by atoms with Crippen LogP contribution in [0.4, 0.5) is 0 Å². The summed E-state index contributed by atoms with van der Waals surface area (Å²) in [7, 11) is 1.96. The minimum atomic E-state index is 0.748. The molecule has 0 aromatic carbocycles. The van der Waals surface area contributed by atoms with E-state index in [1.165, 1.54) is 11.3 Å². The van der Waals surface area contributed by atoms with Crippen molar-refractivity contribution in [2.45, 2.75) is 20.0 Å². The van der Waals surface area contributed by atoms with Gasteiger partial charge in [-0.1, -0.05) is 6.07 Å². The molecule has 0 atom stereocenters. The number of pyridine rings is 1. The number of rotatable bonds is 5. The highest BCUT2D eigenvalue weighted by molar-refractivity contribution is 7.13. The molecule has 0 bridgehead atoms. The second-order valence-electron chi connectivity index (χ2n) is 4.84. The molecule has 1 N–H and O–H groups in total. The maximum atomic E-state index is 4.61. The molecule has 3 aromatic rings. The van der Waals surface area contributed by atoms with Crippen LogP contribution in [0.3, 0.4) is 0 Å². The van der Waals surface area contributed by atoms with Crippen LogP contribution in [-0.2, 0) is 20.1 Å². The van der Waals surface area contributed by atoms with E-state index >= 15 is 0 Å². The van der Waals surface area contributed by atoms with E-state index in [4.69, 9.17) is 0 Å². The van der Waals surface area contributed by atoms with Crippen LogP contribution in [-0.4, -0.2) is 19.7 Å². The van der Waals surface area contributed by atoms with Gasteiger partial charge in [0.2, 0.25) is 0 Å². The molecule has 6 heteroatoms. The van der Waals surface area contributed by atoms with Crippen molar-refractivity contribution < 1.29 is 0 Å². The molecule has 0 saturated carbocycles. The molecule has 0 saturated heterocycles. The van der Waals surface area contributed by atoms with E-state index in [0.717, 1.165) is 29.5 Å². The molecular formula is C15H17N5S. The molecule has 0 aliphatic carbocycles. The molecule has 0 amide bonds. The van der Waals surface area contributed by atoms with Crippen molar-refractivity contribution in [3.8, 4) is 10.7 Å². The Kier molecular flexibility index (Phi) is 4.08. The van der Waals surface area contributed by atoms with Gasteiger partial charge in [0, 0.05) is 43.0 Å². The van der Waals surface area contributed by atoms with Crippen molar-refractivity contribution in [3.63, 3.8) is 0 Å². The summed E-state index contributed by atoms with van der Waals surface area (Å²) in [5.74, 6) is 0. The standard InChI is InChI=1S/C15H17N5S/c1-11-12(8-18-20(11)2)7-16-9-13-10-21-15(19-13)14-5-3-4-6-17-14/h3-6,8,10,16H,7,9H2,1-2H3. The fourth-order valence-electron chi connectivity index (χ4n) is 2.04. The molecule has 0 spiro atoms. The summed E-state index contributed by atoms with van der Waals surface area (Å²) in [6, 6.07) is 5.87. The van der Waals surface area contributed by atoms with E-state index in [-0.39, 0.29) is 0 Å². The smallest absolute Gasteiger partial charge is 0.142 e. The predicted octanol–water partition coefficient (Wildman–Crippen LogP) is 2.54. The first-order valence-electron chi connectivity index (χ1n) is 6.78. The largest absolute Gasteiger partial charge is 0.307 e. The van der Waals surface area contributed by atoms with Gasteiger partial charge in [-0.05, 0) is 19.1 Å². The first-order chi connectivity index (χ1) is 10.2. The molecule has 0 aliphatic rings. The second kappa shape index (κ2) is 6.15. The van der Waals surface area contributed by atoms with Gasteiger partial charge in [-0.25, -0.2) is 4.98 Å². The zero-order valence-electron chi connectivity index (χ0n) is 12.1. The number of aryl methyl sites for hydroxylation is 1. The Hall–Kier alpha value is -2.05. The molecule has 21 heavy (non-hydrogen) atoms. The van der Waals surface area contributed by atoms with Gasteiger partial charge in [0.15, 0.2) is 0 Å². The molecule has 0 aliphatic heterocycles. The lowest BCUT2D eigenvalue weighted by Crippen LogP contribution is -2.13. The first-order valence-corrected chi connectivity index (χ1v) is 7.66. The van der Waals surface area contributed by atoms with Gasteiger partial charge in [-0.2, -0.15) is 5.10 Å². The number of nitrogens with one attached hydrogen (secondary N) is 1. The van der Waals surface area contributed by atoms with Gasteiger partial charge in [0.25, 0.3) is 0 Å². The molecule has 108 valence electrons. The molecule has 0 radical (unpaired) electrons. The number of aromatic nitrogens is 4. The third kappa shape index (κ3) is 3.17. The maximum Gasteiger partial charge on any atom is 0.142 e. The SMILES string of the molecule is Cc1c(CNCc2csc(-c3ccccn3)n2)cnn1C. The van der Waals surface area contributed by atoms with E-state index in [1.807, 2.05) is 36.1 Å². The Labute approximate surface area is 127 Å². The van der Waals surface area contributed by atoms with Crippen LogP contribution in [0.25, 0.3) is 10.7 Å². The van der Waals surface area contributed by atoms with E-state index in [2.05, 4.69) is 32.7 Å². The Balaban J connectivity index is 1.59. The molecule has 3 rings (SSSR count). The number of hydrogen-bond acceptors (Lipinski definition) is 5. The van der Waals surface area contributed by atoms with Crippen LogP contribution in [0.1, 0.15) is 17.0 Å². The van der Waals surface area contributed by atoms with Gasteiger partial charge in [-0.3, -0.25) is 9.67 Å². The molecule has 0 fully saturated rings. The van der Waals surface area contributed by atoms with E-state index in [0.29, 0.717) is 0 Å². The van der Waals surface area contributed by atoms with Crippen molar-refractivity contribution >= 4 is 11.3 Å². The molecule has 0 unspecified atom stereocenters. The van der Waals surface area contributed by atoms with Crippen LogP contribution < -0.4 is 5.32 Å². The average Bonchev–Trinajstić information content (AvgIpc) is 3.10. The third-order valence-electron chi connectivity index (χ3n) is 3.39. The van der Waals surface area contributed by atoms with Gasteiger partial charge in [-0.15, -0.1) is 11.3 Å². The maximum absolute atomic E-state index is 4.61. The average molecular weight is 299 g/mol. The zero-order valence-corrected chi connectivity index (χ0v) is 12.9. The van der Waals surface area contributed by atoms with E-state index < -0.39 is 0 Å². The Morgan fingerprint density at radius 2 is 2.19 bits per heavy atom. The third-order valence-corrected chi connectivity index (χ3v) is 4.31. The van der Waals surface area contributed by atoms with Gasteiger partial charge in [0.1, 0.15) is 5.01 Å². The van der Waals surface area contributed by atoms with Crippen molar-refractivity contribution in [3.05, 3.63) is 52.9 Å². The monoisotopic (exact) mass is 299 g/mol. The van der Waals surface area contributed by atoms with E-state index in [1.54, 1.807) is 17.5 Å². The normalized spacial score (nSPS) is 11.0. The van der Waals surface area contributed by atoms with Gasteiger partial charge < -0.3 is 5.32 Å². The summed E-state index contributed by atoms with van der Waals surface area (Å²) >= 11 is 1.63. The minimum absolute atomic E-state index is 0.748. The molecule has 3 aromatic heterocycles. The summed E-state index contributed by atoms with van der Waals surface area (Å²) < 4.78 is 1.89. The zero-order chi connectivity index (χ0) is 14.7. The minimum Gasteiger partial charge on any atom is -0.307 e. The summed E-state index contributed by atoms with van der Waals surface area (Å²) in [5.41, 5.74) is 4.38.